The second-order valence-electron chi connectivity index (χ2n) is 3.11. The average Bonchev–Trinajstić information content (AvgIpc) is 2.14. The lowest BCUT2D eigenvalue weighted by molar-refractivity contribution is 0.370. The molecule has 0 aliphatic rings. The Balaban J connectivity index is 2.52. The van der Waals surface area contributed by atoms with Gasteiger partial charge in [0.15, 0.2) is 0 Å². The third kappa shape index (κ3) is 3.91. The zero-order valence-electron chi connectivity index (χ0n) is 7.74. The Kier molecular flexibility index (Phi) is 3.69. The van der Waals surface area contributed by atoms with Crippen LogP contribution in [0.4, 0.5) is 0 Å². The van der Waals surface area contributed by atoms with E-state index in [4.69, 9.17) is 9.79 Å². The van der Waals surface area contributed by atoms with Gasteiger partial charge in [-0.2, -0.15) is 5.10 Å². The van der Waals surface area contributed by atoms with E-state index in [1.807, 2.05) is 6.92 Å². The maximum absolute atomic E-state index is 10.6. The monoisotopic (exact) mass is 217 g/mol. The molecule has 78 valence electrons. The molecule has 0 spiro atoms. The Hall–Kier alpha value is -0.840. The normalized spacial score (nSPS) is 13.9. The summed E-state index contributed by atoms with van der Waals surface area (Å²) in [6, 6.07) is 0. The van der Waals surface area contributed by atoms with Crippen molar-refractivity contribution in [2.75, 3.05) is 6.16 Å². The Bertz CT molecular complexity index is 326. The zero-order chi connectivity index (χ0) is 10.6. The van der Waals surface area contributed by atoms with Gasteiger partial charge in [0, 0.05) is 5.92 Å². The van der Waals surface area contributed by atoms with Crippen LogP contribution in [0.5, 0.6) is 0 Å². The summed E-state index contributed by atoms with van der Waals surface area (Å²) in [5, 5.41) is 7.41. The zero-order valence-corrected chi connectivity index (χ0v) is 8.63. The minimum Gasteiger partial charge on any atom is -0.324 e. The fourth-order valence-electron chi connectivity index (χ4n) is 0.993. The van der Waals surface area contributed by atoms with Gasteiger partial charge < -0.3 is 9.79 Å². The van der Waals surface area contributed by atoms with Gasteiger partial charge in [0.1, 0.15) is 6.33 Å². The summed E-state index contributed by atoms with van der Waals surface area (Å²) < 4.78 is 10.6. The topological polar surface area (TPSA) is 96.2 Å². The van der Waals surface area contributed by atoms with Gasteiger partial charge in [-0.1, -0.05) is 6.92 Å². The van der Waals surface area contributed by atoms with Crippen molar-refractivity contribution in [3.05, 3.63) is 18.2 Å². The molecule has 1 atom stereocenters. The highest BCUT2D eigenvalue weighted by molar-refractivity contribution is 7.51. The summed E-state index contributed by atoms with van der Waals surface area (Å²) in [7, 11) is -3.91. The van der Waals surface area contributed by atoms with Gasteiger partial charge >= 0.3 is 7.60 Å². The smallest absolute Gasteiger partial charge is 0.324 e. The van der Waals surface area contributed by atoms with Crippen LogP contribution in [0, 0.1) is 0 Å². The summed E-state index contributed by atoms with van der Waals surface area (Å²) in [6.45, 7) is 1.83. The molecule has 1 aromatic rings. The molecule has 0 amide bonds. The van der Waals surface area contributed by atoms with Gasteiger partial charge in [-0.3, -0.25) is 4.57 Å². The van der Waals surface area contributed by atoms with Crippen molar-refractivity contribution in [2.45, 2.75) is 19.3 Å². The van der Waals surface area contributed by atoms with Crippen LogP contribution in [0.2, 0.25) is 0 Å². The first kappa shape index (κ1) is 11.2. The van der Waals surface area contributed by atoms with Crippen molar-refractivity contribution >= 4 is 7.60 Å². The molecule has 0 aliphatic carbocycles. The Morgan fingerprint density at radius 2 is 2.29 bits per heavy atom. The van der Waals surface area contributed by atoms with Gasteiger partial charge in [0.25, 0.3) is 0 Å². The fraction of sp³-hybridized carbons (Fsp3) is 0.571. The Labute approximate surface area is 81.6 Å². The van der Waals surface area contributed by atoms with Crippen LogP contribution in [0.25, 0.3) is 0 Å². The molecule has 0 fully saturated rings. The predicted octanol–water partition coefficient (Wildman–Crippen LogP) is 0.543. The summed E-state index contributed by atoms with van der Waals surface area (Å²) in [5.41, 5.74) is 0.654. The van der Waals surface area contributed by atoms with Crippen molar-refractivity contribution in [2.24, 2.45) is 0 Å². The highest BCUT2D eigenvalue weighted by atomic mass is 31.2. The molecule has 7 heteroatoms. The first-order valence-corrected chi connectivity index (χ1v) is 5.96. The third-order valence-corrected chi connectivity index (χ3v) is 2.70. The molecule has 0 saturated carbocycles. The molecule has 6 nitrogen and oxygen atoms in total. The van der Waals surface area contributed by atoms with E-state index in [1.54, 1.807) is 6.20 Å². The van der Waals surface area contributed by atoms with Crippen molar-refractivity contribution in [1.29, 1.82) is 0 Å². The van der Waals surface area contributed by atoms with E-state index in [9.17, 15) is 4.57 Å². The Morgan fingerprint density at radius 3 is 2.79 bits per heavy atom. The largest absolute Gasteiger partial charge is 0.325 e. The lowest BCUT2D eigenvalue weighted by Gasteiger charge is -2.09. The molecule has 0 aromatic carbocycles. The van der Waals surface area contributed by atoms with Crippen LogP contribution >= 0.6 is 7.60 Å². The van der Waals surface area contributed by atoms with E-state index >= 15 is 0 Å². The van der Waals surface area contributed by atoms with E-state index in [0.717, 1.165) is 0 Å². The predicted molar refractivity (Wildman–Crippen MR) is 49.8 cm³/mol. The molecule has 1 unspecified atom stereocenters. The number of rotatable bonds is 4. The van der Waals surface area contributed by atoms with E-state index in [0.29, 0.717) is 12.1 Å². The second kappa shape index (κ2) is 4.59. The molecule has 2 N–H and O–H groups in total. The van der Waals surface area contributed by atoms with Crippen LogP contribution in [0.15, 0.2) is 12.5 Å². The molecule has 0 saturated heterocycles. The molecule has 0 aliphatic heterocycles. The minimum absolute atomic E-state index is 0.0381. The number of hydrogen-bond donors (Lipinski definition) is 2. The molecule has 0 radical (unpaired) electrons. The van der Waals surface area contributed by atoms with Crippen LogP contribution in [-0.4, -0.2) is 31.1 Å². The van der Waals surface area contributed by atoms with E-state index in [1.165, 1.54) is 6.33 Å². The lowest BCUT2D eigenvalue weighted by atomic mass is 10.1. The van der Waals surface area contributed by atoms with Gasteiger partial charge in [0.05, 0.1) is 18.1 Å². The summed E-state index contributed by atoms with van der Waals surface area (Å²) in [5.74, 6) is -0.0381. The lowest BCUT2D eigenvalue weighted by Crippen LogP contribution is -2.02. The molecular weight excluding hydrogens is 205 g/mol. The van der Waals surface area contributed by atoms with Crippen LogP contribution in [0.1, 0.15) is 25.0 Å². The van der Waals surface area contributed by atoms with Gasteiger partial charge in [-0.25, -0.2) is 4.98 Å². The molecule has 1 aromatic heterocycles. The SMILES string of the molecule is CC(CCP(=O)(O)O)c1cncnn1. The molecule has 1 rings (SSSR count). The minimum atomic E-state index is -3.91. The second-order valence-corrected chi connectivity index (χ2v) is 4.89. The first-order chi connectivity index (χ1) is 6.49. The Morgan fingerprint density at radius 1 is 1.57 bits per heavy atom. The van der Waals surface area contributed by atoms with Crippen LogP contribution < -0.4 is 0 Å². The fourth-order valence-corrected chi connectivity index (χ4v) is 1.72. The number of aromatic nitrogens is 3. The number of hydrogen-bond acceptors (Lipinski definition) is 4. The quantitative estimate of drug-likeness (QED) is 0.714. The van der Waals surface area contributed by atoms with Gasteiger partial charge in [0.2, 0.25) is 0 Å². The maximum atomic E-state index is 10.6. The highest BCUT2D eigenvalue weighted by Gasteiger charge is 2.16. The van der Waals surface area contributed by atoms with Gasteiger partial charge in [-0.05, 0) is 6.42 Å². The molecule has 1 heterocycles. The molecule has 0 bridgehead atoms. The van der Waals surface area contributed by atoms with Crippen LogP contribution in [0.3, 0.4) is 0 Å². The average molecular weight is 217 g/mol. The first-order valence-electron chi connectivity index (χ1n) is 4.16. The van der Waals surface area contributed by atoms with E-state index in [-0.39, 0.29) is 12.1 Å². The van der Waals surface area contributed by atoms with E-state index in [2.05, 4.69) is 15.2 Å². The maximum Gasteiger partial charge on any atom is 0.325 e. The van der Waals surface area contributed by atoms with Crippen molar-refractivity contribution < 1.29 is 14.4 Å². The summed E-state index contributed by atoms with van der Waals surface area (Å²) in [6.07, 6.45) is 3.12. The van der Waals surface area contributed by atoms with Gasteiger partial charge in [-0.15, -0.1) is 5.10 Å². The van der Waals surface area contributed by atoms with Crippen molar-refractivity contribution in [1.82, 2.24) is 15.2 Å². The molecular formula is C7H12N3O3P. The highest BCUT2D eigenvalue weighted by Crippen LogP contribution is 2.37. The van der Waals surface area contributed by atoms with Crippen molar-refractivity contribution in [3.63, 3.8) is 0 Å². The third-order valence-electron chi connectivity index (χ3n) is 1.86. The standard InChI is InChI=1S/C7H12N3O3P/c1-6(2-3-14(11,12)13)7-4-8-5-9-10-7/h4-6H,2-3H2,1H3,(H2,11,12,13). The van der Waals surface area contributed by atoms with Crippen molar-refractivity contribution in [3.8, 4) is 0 Å². The van der Waals surface area contributed by atoms with E-state index < -0.39 is 7.60 Å². The van der Waals surface area contributed by atoms with Crippen LogP contribution in [-0.2, 0) is 4.57 Å². The number of nitrogens with zero attached hydrogens (tertiary/aromatic N) is 3. The molecule has 14 heavy (non-hydrogen) atoms. The summed E-state index contributed by atoms with van der Waals surface area (Å²) >= 11 is 0. The summed E-state index contributed by atoms with van der Waals surface area (Å²) in [4.78, 5) is 21.1.